The van der Waals surface area contributed by atoms with E-state index in [0.717, 1.165) is 57.4 Å². The molecule has 2 aromatic rings. The summed E-state index contributed by atoms with van der Waals surface area (Å²) >= 11 is 0. The third-order valence-electron chi connectivity index (χ3n) is 6.40. The van der Waals surface area contributed by atoms with Crippen LogP contribution in [0.4, 0.5) is 0 Å². The molecule has 172 valence electrons. The standard InChI is InChI=1S/C26H37N5O/c1-26(2)17-23(22-7-5-6-8-24(22)32-26)29-25(27-3)28-18-20-9-11-21(12-10-20)19-31-15-13-30(4)14-16-31/h5-12,23H,13-19H2,1-4H3,(H2,27,28,29). The second-order valence-corrected chi connectivity index (χ2v) is 9.62. The number of aliphatic imine (C=N–C) groups is 1. The van der Waals surface area contributed by atoms with E-state index in [4.69, 9.17) is 4.74 Å². The van der Waals surface area contributed by atoms with Crippen LogP contribution in [0.5, 0.6) is 5.75 Å². The Morgan fingerprint density at radius 1 is 1.03 bits per heavy atom. The monoisotopic (exact) mass is 435 g/mol. The highest BCUT2D eigenvalue weighted by molar-refractivity contribution is 5.80. The molecule has 6 nitrogen and oxygen atoms in total. The van der Waals surface area contributed by atoms with Gasteiger partial charge in [0.05, 0.1) is 6.04 Å². The number of benzene rings is 2. The molecule has 0 aliphatic carbocycles. The molecule has 2 aliphatic rings. The first-order valence-corrected chi connectivity index (χ1v) is 11.7. The lowest BCUT2D eigenvalue weighted by Gasteiger charge is -2.38. The van der Waals surface area contributed by atoms with Crippen molar-refractivity contribution in [3.63, 3.8) is 0 Å². The predicted molar refractivity (Wildman–Crippen MR) is 131 cm³/mol. The number of para-hydroxylation sites is 1. The highest BCUT2D eigenvalue weighted by Gasteiger charge is 2.33. The summed E-state index contributed by atoms with van der Waals surface area (Å²) in [5, 5.41) is 7.08. The molecule has 6 heteroatoms. The van der Waals surface area contributed by atoms with Crippen LogP contribution in [-0.2, 0) is 13.1 Å². The van der Waals surface area contributed by atoms with Gasteiger partial charge in [-0.3, -0.25) is 9.89 Å². The van der Waals surface area contributed by atoms with Crippen molar-refractivity contribution in [3.05, 3.63) is 65.2 Å². The topological polar surface area (TPSA) is 52.1 Å². The van der Waals surface area contributed by atoms with Crippen LogP contribution < -0.4 is 15.4 Å². The minimum Gasteiger partial charge on any atom is -0.487 e. The molecule has 2 N–H and O–H groups in total. The summed E-state index contributed by atoms with van der Waals surface area (Å²) in [7, 11) is 4.02. The van der Waals surface area contributed by atoms with Crippen molar-refractivity contribution >= 4 is 5.96 Å². The van der Waals surface area contributed by atoms with E-state index in [2.05, 4.69) is 82.7 Å². The van der Waals surface area contributed by atoms with E-state index in [1.54, 1.807) is 0 Å². The van der Waals surface area contributed by atoms with Crippen molar-refractivity contribution in [3.8, 4) is 5.75 Å². The van der Waals surface area contributed by atoms with Crippen LogP contribution >= 0.6 is 0 Å². The minimum absolute atomic E-state index is 0.159. The lowest BCUT2D eigenvalue weighted by atomic mass is 9.90. The molecule has 4 rings (SSSR count). The average Bonchev–Trinajstić information content (AvgIpc) is 2.78. The summed E-state index contributed by atoms with van der Waals surface area (Å²) in [4.78, 5) is 9.39. The maximum atomic E-state index is 6.16. The third kappa shape index (κ3) is 5.81. The number of fused-ring (bicyclic) bond motifs is 1. The average molecular weight is 436 g/mol. The van der Waals surface area contributed by atoms with Crippen LogP contribution in [0.3, 0.4) is 0 Å². The number of ether oxygens (including phenoxy) is 1. The molecule has 2 heterocycles. The summed E-state index contributed by atoms with van der Waals surface area (Å²) in [6.07, 6.45) is 0.881. The molecule has 2 aromatic carbocycles. The summed E-state index contributed by atoms with van der Waals surface area (Å²) < 4.78 is 6.16. The van der Waals surface area contributed by atoms with Gasteiger partial charge in [0, 0.05) is 58.3 Å². The Morgan fingerprint density at radius 3 is 2.44 bits per heavy atom. The molecular formula is C26H37N5O. The zero-order valence-electron chi connectivity index (χ0n) is 19.9. The van der Waals surface area contributed by atoms with Gasteiger partial charge in [-0.05, 0) is 38.1 Å². The van der Waals surface area contributed by atoms with Gasteiger partial charge in [0.15, 0.2) is 5.96 Å². The second-order valence-electron chi connectivity index (χ2n) is 9.62. The van der Waals surface area contributed by atoms with Crippen LogP contribution in [-0.4, -0.2) is 61.6 Å². The summed E-state index contributed by atoms with van der Waals surface area (Å²) in [6, 6.07) is 17.4. The van der Waals surface area contributed by atoms with Crippen LogP contribution in [0, 0.1) is 0 Å². The van der Waals surface area contributed by atoms with Gasteiger partial charge in [-0.25, -0.2) is 0 Å². The lowest BCUT2D eigenvalue weighted by Crippen LogP contribution is -2.45. The predicted octanol–water partition coefficient (Wildman–Crippen LogP) is 3.40. The number of hydrogen-bond acceptors (Lipinski definition) is 4. The number of nitrogens with zero attached hydrogens (tertiary/aromatic N) is 3. The Bertz CT molecular complexity index is 916. The molecule has 1 unspecified atom stereocenters. The molecule has 0 amide bonds. The van der Waals surface area contributed by atoms with Crippen molar-refractivity contribution < 1.29 is 4.74 Å². The lowest BCUT2D eigenvalue weighted by molar-refractivity contribution is 0.0694. The third-order valence-corrected chi connectivity index (χ3v) is 6.40. The number of rotatable bonds is 5. The first-order valence-electron chi connectivity index (χ1n) is 11.7. The Labute approximate surface area is 192 Å². The molecule has 0 bridgehead atoms. The summed E-state index contributed by atoms with van der Waals surface area (Å²) in [5.74, 6) is 1.76. The van der Waals surface area contributed by atoms with Gasteiger partial charge < -0.3 is 20.3 Å². The zero-order valence-corrected chi connectivity index (χ0v) is 19.9. The van der Waals surface area contributed by atoms with Crippen molar-refractivity contribution in [1.29, 1.82) is 0 Å². The minimum atomic E-state index is -0.218. The quantitative estimate of drug-likeness (QED) is 0.557. The Morgan fingerprint density at radius 2 is 1.72 bits per heavy atom. The molecule has 1 saturated heterocycles. The van der Waals surface area contributed by atoms with Gasteiger partial charge in [-0.1, -0.05) is 42.5 Å². The molecular weight excluding hydrogens is 398 g/mol. The zero-order chi connectivity index (χ0) is 22.6. The Hall–Kier alpha value is -2.57. The Balaban J connectivity index is 1.32. The largest absolute Gasteiger partial charge is 0.487 e. The molecule has 1 fully saturated rings. The van der Waals surface area contributed by atoms with E-state index in [9.17, 15) is 0 Å². The number of guanidine groups is 1. The molecule has 32 heavy (non-hydrogen) atoms. The van der Waals surface area contributed by atoms with E-state index in [1.807, 2.05) is 19.2 Å². The molecule has 0 saturated carbocycles. The van der Waals surface area contributed by atoms with Crippen molar-refractivity contribution in [2.75, 3.05) is 40.3 Å². The summed E-state index contributed by atoms with van der Waals surface area (Å²) in [5.41, 5.74) is 3.59. The van der Waals surface area contributed by atoms with Gasteiger partial charge in [-0.2, -0.15) is 0 Å². The van der Waals surface area contributed by atoms with E-state index in [1.165, 1.54) is 16.7 Å². The fraction of sp³-hybridized carbons (Fsp3) is 0.500. The number of hydrogen-bond donors (Lipinski definition) is 2. The van der Waals surface area contributed by atoms with Crippen molar-refractivity contribution in [2.24, 2.45) is 4.99 Å². The molecule has 0 radical (unpaired) electrons. The van der Waals surface area contributed by atoms with Gasteiger partial charge >= 0.3 is 0 Å². The van der Waals surface area contributed by atoms with Gasteiger partial charge in [0.2, 0.25) is 0 Å². The van der Waals surface area contributed by atoms with E-state index >= 15 is 0 Å². The number of likely N-dealkylation sites (N-methyl/N-ethyl adjacent to an activating group) is 1. The Kier molecular flexibility index (Phi) is 7.01. The second kappa shape index (κ2) is 9.92. The highest BCUT2D eigenvalue weighted by Crippen LogP contribution is 2.39. The molecule has 2 aliphatic heterocycles. The van der Waals surface area contributed by atoms with Crippen LogP contribution in [0.25, 0.3) is 0 Å². The highest BCUT2D eigenvalue weighted by atomic mass is 16.5. The van der Waals surface area contributed by atoms with Gasteiger partial charge in [-0.15, -0.1) is 0 Å². The van der Waals surface area contributed by atoms with Crippen molar-refractivity contribution in [2.45, 2.75) is 45.0 Å². The number of nitrogens with one attached hydrogen (secondary N) is 2. The maximum absolute atomic E-state index is 6.16. The van der Waals surface area contributed by atoms with E-state index in [-0.39, 0.29) is 11.6 Å². The first-order chi connectivity index (χ1) is 15.4. The summed E-state index contributed by atoms with van der Waals surface area (Å²) in [6.45, 7) is 10.6. The fourth-order valence-electron chi connectivity index (χ4n) is 4.50. The van der Waals surface area contributed by atoms with Gasteiger partial charge in [0.25, 0.3) is 0 Å². The van der Waals surface area contributed by atoms with E-state index in [0.29, 0.717) is 0 Å². The van der Waals surface area contributed by atoms with Crippen LogP contribution in [0.1, 0.15) is 43.0 Å². The van der Waals surface area contributed by atoms with E-state index < -0.39 is 0 Å². The van der Waals surface area contributed by atoms with Crippen molar-refractivity contribution in [1.82, 2.24) is 20.4 Å². The van der Waals surface area contributed by atoms with Gasteiger partial charge in [0.1, 0.15) is 11.4 Å². The molecule has 0 aromatic heterocycles. The molecule has 0 spiro atoms. The fourth-order valence-corrected chi connectivity index (χ4v) is 4.50. The first kappa shape index (κ1) is 22.6. The SMILES string of the molecule is CN=C(NCc1ccc(CN2CCN(C)CC2)cc1)NC1CC(C)(C)Oc2ccccc21. The maximum Gasteiger partial charge on any atom is 0.191 e. The van der Waals surface area contributed by atoms with Crippen LogP contribution in [0.2, 0.25) is 0 Å². The molecule has 1 atom stereocenters. The smallest absolute Gasteiger partial charge is 0.191 e. The normalized spacial score (nSPS) is 21.5. The number of piperazine rings is 1. The van der Waals surface area contributed by atoms with Crippen LogP contribution in [0.15, 0.2) is 53.5 Å².